The average molecular weight is 335 g/mol. The molecule has 0 aromatic heterocycles. The van der Waals surface area contributed by atoms with Gasteiger partial charge in [-0.25, -0.2) is 9.59 Å². The molecular weight excluding hydrogens is 310 g/mol. The molecule has 1 saturated heterocycles. The molecule has 1 amide bonds. The quantitative estimate of drug-likeness (QED) is 0.658. The van der Waals surface area contributed by atoms with Crippen molar-refractivity contribution in [3.8, 4) is 0 Å². The van der Waals surface area contributed by atoms with Gasteiger partial charge in [-0.3, -0.25) is 0 Å². The summed E-state index contributed by atoms with van der Waals surface area (Å²) in [6, 6.07) is 5.29. The lowest BCUT2D eigenvalue weighted by atomic mass is 10.1. The highest BCUT2D eigenvalue weighted by Crippen LogP contribution is 2.23. The van der Waals surface area contributed by atoms with Gasteiger partial charge in [0, 0.05) is 37.6 Å². The van der Waals surface area contributed by atoms with Crippen LogP contribution in [0.3, 0.4) is 0 Å². The summed E-state index contributed by atoms with van der Waals surface area (Å²) in [7, 11) is 1.33. The van der Waals surface area contributed by atoms with Crippen molar-refractivity contribution in [2.45, 2.75) is 26.4 Å². The van der Waals surface area contributed by atoms with Gasteiger partial charge in [0.1, 0.15) is 5.60 Å². The molecule has 1 aromatic rings. The summed E-state index contributed by atoms with van der Waals surface area (Å²) in [4.78, 5) is 27.6. The van der Waals surface area contributed by atoms with E-state index in [9.17, 15) is 9.59 Å². The van der Waals surface area contributed by atoms with E-state index in [1.807, 2.05) is 26.8 Å². The number of carbonyl (C=O) groups is 2. The van der Waals surface area contributed by atoms with Crippen LogP contribution in [0.4, 0.5) is 16.2 Å². The first kappa shape index (κ1) is 17.9. The average Bonchev–Trinajstić information content (AvgIpc) is 2.53. The van der Waals surface area contributed by atoms with Gasteiger partial charge in [-0.2, -0.15) is 0 Å². The summed E-state index contributed by atoms with van der Waals surface area (Å²) in [6.07, 6.45) is -0.297. The standard InChI is InChI=1S/C17H25N3O4/c1-17(2,3)24-16(22)20-9-7-19(8-10-20)12-5-6-14(18)13(11-12)15(21)23-4/h5-6,11H,7-10,18H2,1-4H3. The van der Waals surface area contributed by atoms with E-state index < -0.39 is 11.6 Å². The van der Waals surface area contributed by atoms with Crippen LogP contribution in [0.25, 0.3) is 0 Å². The maximum Gasteiger partial charge on any atom is 0.410 e. The molecule has 1 fully saturated rings. The highest BCUT2D eigenvalue weighted by Gasteiger charge is 2.26. The number of carbonyl (C=O) groups excluding carboxylic acids is 2. The van der Waals surface area contributed by atoms with Crippen LogP contribution in [0.15, 0.2) is 18.2 Å². The minimum absolute atomic E-state index is 0.297. The number of amides is 1. The topological polar surface area (TPSA) is 85.1 Å². The Bertz CT molecular complexity index is 617. The van der Waals surface area contributed by atoms with Gasteiger partial charge < -0.3 is 25.0 Å². The van der Waals surface area contributed by atoms with Crippen molar-refractivity contribution in [1.82, 2.24) is 4.90 Å². The highest BCUT2D eigenvalue weighted by atomic mass is 16.6. The summed E-state index contributed by atoms with van der Waals surface area (Å²) in [6.45, 7) is 7.99. The number of methoxy groups -OCH3 is 1. The van der Waals surface area contributed by atoms with E-state index in [0.29, 0.717) is 37.4 Å². The largest absolute Gasteiger partial charge is 0.465 e. The van der Waals surface area contributed by atoms with Crippen molar-refractivity contribution in [1.29, 1.82) is 0 Å². The first-order valence-electron chi connectivity index (χ1n) is 7.92. The van der Waals surface area contributed by atoms with E-state index in [2.05, 4.69) is 4.90 Å². The van der Waals surface area contributed by atoms with Gasteiger partial charge >= 0.3 is 12.1 Å². The molecule has 2 N–H and O–H groups in total. The number of piperazine rings is 1. The number of ether oxygens (including phenoxy) is 2. The lowest BCUT2D eigenvalue weighted by Crippen LogP contribution is -2.50. The summed E-state index contributed by atoms with van der Waals surface area (Å²) >= 11 is 0. The van der Waals surface area contributed by atoms with Crippen molar-refractivity contribution < 1.29 is 19.1 Å². The minimum atomic E-state index is -0.499. The van der Waals surface area contributed by atoms with Gasteiger partial charge in [-0.05, 0) is 39.0 Å². The van der Waals surface area contributed by atoms with Gasteiger partial charge in [0.2, 0.25) is 0 Å². The summed E-state index contributed by atoms with van der Waals surface area (Å²) in [5.74, 6) is -0.457. The summed E-state index contributed by atoms with van der Waals surface area (Å²) < 4.78 is 10.1. The van der Waals surface area contributed by atoms with E-state index >= 15 is 0 Å². The molecule has 1 aliphatic rings. The molecule has 24 heavy (non-hydrogen) atoms. The third kappa shape index (κ3) is 4.31. The van der Waals surface area contributed by atoms with E-state index in [1.165, 1.54) is 7.11 Å². The van der Waals surface area contributed by atoms with Crippen molar-refractivity contribution >= 4 is 23.4 Å². The first-order chi connectivity index (χ1) is 11.2. The molecule has 0 radical (unpaired) electrons. The Kier molecular flexibility index (Phi) is 5.21. The first-order valence-corrected chi connectivity index (χ1v) is 7.92. The Labute approximate surface area is 142 Å². The Morgan fingerprint density at radius 1 is 1.12 bits per heavy atom. The Morgan fingerprint density at radius 3 is 2.29 bits per heavy atom. The number of nitrogens with zero attached hydrogens (tertiary/aromatic N) is 2. The number of nitrogen functional groups attached to an aromatic ring is 1. The van der Waals surface area contributed by atoms with Gasteiger partial charge in [-0.1, -0.05) is 0 Å². The van der Waals surface area contributed by atoms with Crippen LogP contribution in [0.2, 0.25) is 0 Å². The zero-order chi connectivity index (χ0) is 17.9. The third-order valence-electron chi connectivity index (χ3n) is 3.74. The second-order valence-electron chi connectivity index (χ2n) is 6.72. The molecule has 0 aliphatic carbocycles. The molecule has 132 valence electrons. The van der Waals surface area contributed by atoms with Crippen LogP contribution in [-0.2, 0) is 9.47 Å². The molecule has 0 unspecified atom stereocenters. The van der Waals surface area contributed by atoms with E-state index in [0.717, 1.165) is 5.69 Å². The highest BCUT2D eigenvalue weighted by molar-refractivity contribution is 5.96. The van der Waals surface area contributed by atoms with E-state index in [-0.39, 0.29) is 6.09 Å². The lowest BCUT2D eigenvalue weighted by Gasteiger charge is -2.36. The Hall–Kier alpha value is -2.44. The number of benzene rings is 1. The fraction of sp³-hybridized carbons (Fsp3) is 0.529. The number of anilines is 2. The fourth-order valence-corrected chi connectivity index (χ4v) is 2.50. The maximum atomic E-state index is 12.1. The van der Waals surface area contributed by atoms with Crippen LogP contribution in [0.5, 0.6) is 0 Å². The van der Waals surface area contributed by atoms with Gasteiger partial charge in [-0.15, -0.1) is 0 Å². The molecule has 1 heterocycles. The molecule has 2 rings (SSSR count). The monoisotopic (exact) mass is 335 g/mol. The third-order valence-corrected chi connectivity index (χ3v) is 3.74. The van der Waals surface area contributed by atoms with Crippen molar-refractivity contribution in [2.24, 2.45) is 0 Å². The second-order valence-corrected chi connectivity index (χ2v) is 6.72. The van der Waals surface area contributed by atoms with Gasteiger partial charge in [0.25, 0.3) is 0 Å². The maximum absolute atomic E-state index is 12.1. The van der Waals surface area contributed by atoms with Crippen LogP contribution < -0.4 is 10.6 Å². The van der Waals surface area contributed by atoms with Crippen LogP contribution in [0, 0.1) is 0 Å². The minimum Gasteiger partial charge on any atom is -0.465 e. The Balaban J connectivity index is 2.02. The lowest BCUT2D eigenvalue weighted by molar-refractivity contribution is 0.0240. The molecular formula is C17H25N3O4. The number of hydrogen-bond donors (Lipinski definition) is 1. The van der Waals surface area contributed by atoms with E-state index in [1.54, 1.807) is 17.0 Å². The van der Waals surface area contributed by atoms with Crippen LogP contribution in [0.1, 0.15) is 31.1 Å². The van der Waals surface area contributed by atoms with Gasteiger partial charge in [0.05, 0.1) is 12.7 Å². The van der Waals surface area contributed by atoms with Crippen LogP contribution >= 0.6 is 0 Å². The molecule has 0 bridgehead atoms. The molecule has 7 heteroatoms. The molecule has 7 nitrogen and oxygen atoms in total. The SMILES string of the molecule is COC(=O)c1cc(N2CCN(C(=O)OC(C)(C)C)CC2)ccc1N. The second kappa shape index (κ2) is 6.98. The molecule has 0 spiro atoms. The summed E-state index contributed by atoms with van der Waals surface area (Å²) in [5, 5.41) is 0. The molecule has 0 saturated carbocycles. The number of rotatable bonds is 2. The zero-order valence-corrected chi connectivity index (χ0v) is 14.7. The van der Waals surface area contributed by atoms with Crippen LogP contribution in [-0.4, -0.2) is 55.9 Å². The molecule has 1 aliphatic heterocycles. The van der Waals surface area contributed by atoms with Crippen molar-refractivity contribution in [2.75, 3.05) is 43.9 Å². The summed E-state index contributed by atoms with van der Waals surface area (Å²) in [5.41, 5.74) is 6.95. The predicted molar refractivity (Wildman–Crippen MR) is 92.2 cm³/mol. The molecule has 1 aromatic carbocycles. The fourth-order valence-electron chi connectivity index (χ4n) is 2.50. The normalized spacial score (nSPS) is 15.2. The molecule has 0 atom stereocenters. The van der Waals surface area contributed by atoms with Gasteiger partial charge in [0.15, 0.2) is 0 Å². The zero-order valence-electron chi connectivity index (χ0n) is 14.7. The smallest absolute Gasteiger partial charge is 0.410 e. The van der Waals surface area contributed by atoms with E-state index in [4.69, 9.17) is 15.2 Å². The van der Waals surface area contributed by atoms with Crippen molar-refractivity contribution in [3.05, 3.63) is 23.8 Å². The number of hydrogen-bond acceptors (Lipinski definition) is 6. The number of nitrogens with two attached hydrogens (primary N) is 1. The predicted octanol–water partition coefficient (Wildman–Crippen LogP) is 2.11. The number of esters is 1. The van der Waals surface area contributed by atoms with Crippen molar-refractivity contribution in [3.63, 3.8) is 0 Å². The Morgan fingerprint density at radius 2 is 1.75 bits per heavy atom.